The standard InChI is InChI=1S/C22H27N9O9P2S2/c23-17-9-1-2-30(18(9)26-6-25-17)10-3-8-4-38-42(36,44)40-15-14(33)11(5-37-41(35,43)16(8)13(10)32)39-21(15)31-7-27-12-19(31)28-22(24)29-20(12)34/h1-2,6-8,10-11,13-16,21,32-33H,3-5H2,(H,35,43)(H,36,44)(H2,23,25,26)(H3,24,28,29,34)/t8-,10-,11-,13+,14-,15-,16-,21-,41?,42?/m1/s1. The molecule has 18 nitrogen and oxygen atoms in total. The van der Waals surface area contributed by atoms with Crippen molar-refractivity contribution >= 4 is 71.3 Å². The van der Waals surface area contributed by atoms with Crippen LogP contribution in [0.4, 0.5) is 11.8 Å². The number of anilines is 2. The minimum Gasteiger partial charge on any atom is -0.390 e. The number of fused-ring (bicyclic) bond motifs is 5. The van der Waals surface area contributed by atoms with Crippen molar-refractivity contribution < 1.29 is 38.0 Å². The molecule has 1 saturated carbocycles. The maximum Gasteiger partial charge on any atom is 0.386 e. The summed E-state index contributed by atoms with van der Waals surface area (Å²) in [6.07, 6.45) is -2.07. The molecule has 0 radical (unpaired) electrons. The van der Waals surface area contributed by atoms with E-state index in [9.17, 15) is 24.5 Å². The minimum absolute atomic E-state index is 0.0124. The lowest BCUT2D eigenvalue weighted by Gasteiger charge is -2.32. The number of nitrogen functional groups attached to an aromatic ring is 2. The van der Waals surface area contributed by atoms with E-state index in [-0.39, 0.29) is 36.0 Å². The first-order valence-corrected chi connectivity index (χ1v) is 18.7. The Hall–Kier alpha value is -2.48. The summed E-state index contributed by atoms with van der Waals surface area (Å²) in [5.41, 5.74) is 10.5. The van der Waals surface area contributed by atoms with Gasteiger partial charge in [-0.3, -0.25) is 18.9 Å². The summed E-state index contributed by atoms with van der Waals surface area (Å²) < 4.78 is 39.9. The minimum atomic E-state index is -4.24. The number of thiol groups is 1. The van der Waals surface area contributed by atoms with E-state index in [4.69, 9.17) is 41.6 Å². The number of H-pyrrole nitrogens is 1. The molecule has 2 bridgehead atoms. The quantitative estimate of drug-likeness (QED) is 0.108. The molecule has 0 aromatic carbocycles. The molecule has 7 rings (SSSR count). The second kappa shape index (κ2) is 10.8. The molecule has 44 heavy (non-hydrogen) atoms. The third-order valence-corrected chi connectivity index (χ3v) is 12.9. The first-order valence-electron chi connectivity index (χ1n) is 13.3. The van der Waals surface area contributed by atoms with Crippen LogP contribution in [-0.4, -0.2) is 92.4 Å². The van der Waals surface area contributed by atoms with Crippen LogP contribution >= 0.6 is 25.5 Å². The van der Waals surface area contributed by atoms with Crippen LogP contribution < -0.4 is 17.0 Å². The average molecular weight is 688 g/mol. The number of imidazole rings is 1. The van der Waals surface area contributed by atoms with Gasteiger partial charge in [-0.05, 0) is 30.2 Å². The number of ether oxygens (including phenoxy) is 1. The lowest BCUT2D eigenvalue weighted by atomic mass is 10.1. The number of aliphatic hydroxyl groups excluding tert-OH is 2. The SMILES string of the molecule is Nc1nc2c(ncn2[C@@H]2O[C@@H]3COP(O)(=S)[C@@H]4[C@@H](COP(=O)(S)O[C@@H]2[C@@H]3O)C[C@@H](n2ccc3c(N)ncnc32)[C@@H]4O)c(=O)[nH]1. The van der Waals surface area contributed by atoms with Crippen molar-refractivity contribution in [1.82, 2.24) is 34.1 Å². The Balaban J connectivity index is 1.22. The van der Waals surface area contributed by atoms with Gasteiger partial charge in [-0.25, -0.2) is 19.5 Å². The van der Waals surface area contributed by atoms with Gasteiger partial charge in [-0.2, -0.15) is 4.98 Å². The van der Waals surface area contributed by atoms with E-state index in [1.807, 2.05) is 0 Å². The number of nitrogens with two attached hydrogens (primary N) is 2. The van der Waals surface area contributed by atoms with Crippen LogP contribution in [0, 0.1) is 5.92 Å². The molecule has 1 aliphatic carbocycles. The molecule has 0 spiro atoms. The van der Waals surface area contributed by atoms with Crippen molar-refractivity contribution in [3.05, 3.63) is 35.3 Å². The summed E-state index contributed by atoms with van der Waals surface area (Å²) in [7, 11) is 0. The molecule has 4 aromatic heterocycles. The molecule has 2 unspecified atom stereocenters. The highest BCUT2D eigenvalue weighted by Crippen LogP contribution is 2.62. The normalized spacial score (nSPS) is 38.0. The van der Waals surface area contributed by atoms with E-state index in [0.717, 1.165) is 0 Å². The molecule has 2 saturated heterocycles. The topological polar surface area (TPSA) is 261 Å². The second-order valence-corrected chi connectivity index (χ2v) is 17.2. The second-order valence-electron chi connectivity index (χ2n) is 10.8. The summed E-state index contributed by atoms with van der Waals surface area (Å²) in [6.45, 7) is -8.79. The molecule has 236 valence electrons. The average Bonchev–Trinajstić information content (AvgIpc) is 3.71. The number of aliphatic hydroxyl groups is 2. The van der Waals surface area contributed by atoms with Crippen molar-refractivity contribution in [2.24, 2.45) is 5.92 Å². The van der Waals surface area contributed by atoms with E-state index >= 15 is 0 Å². The Labute approximate surface area is 257 Å². The smallest absolute Gasteiger partial charge is 0.386 e. The Bertz CT molecular complexity index is 1920. The Kier molecular flexibility index (Phi) is 7.42. The molecular formula is C22H27N9O9P2S2. The number of nitrogens with zero attached hydrogens (tertiary/aromatic N) is 6. The summed E-state index contributed by atoms with van der Waals surface area (Å²) in [6, 6.07) is 1.08. The highest BCUT2D eigenvalue weighted by atomic mass is 32.7. The summed E-state index contributed by atoms with van der Waals surface area (Å²) in [4.78, 5) is 42.7. The fourth-order valence-corrected chi connectivity index (χ4v) is 10.7. The summed E-state index contributed by atoms with van der Waals surface area (Å²) in [5.74, 6) is -0.578. The Morgan fingerprint density at radius 1 is 1.11 bits per heavy atom. The van der Waals surface area contributed by atoms with E-state index in [2.05, 4.69) is 37.2 Å². The van der Waals surface area contributed by atoms with E-state index in [1.54, 1.807) is 16.8 Å². The molecule has 6 heterocycles. The molecule has 2 aliphatic heterocycles. The molecule has 0 amide bonds. The third kappa shape index (κ3) is 4.98. The fraction of sp³-hybridized carbons (Fsp3) is 0.500. The van der Waals surface area contributed by atoms with Crippen LogP contribution in [0.2, 0.25) is 0 Å². The van der Waals surface area contributed by atoms with Crippen LogP contribution in [0.5, 0.6) is 0 Å². The highest BCUT2D eigenvalue weighted by molar-refractivity contribution is 8.44. The molecule has 4 aromatic rings. The highest BCUT2D eigenvalue weighted by Gasteiger charge is 2.54. The van der Waals surface area contributed by atoms with Crippen molar-refractivity contribution in [2.45, 2.75) is 48.8 Å². The Morgan fingerprint density at radius 2 is 1.91 bits per heavy atom. The molecule has 3 fully saturated rings. The van der Waals surface area contributed by atoms with Gasteiger partial charge in [0.05, 0.1) is 42.7 Å². The van der Waals surface area contributed by atoms with Gasteiger partial charge in [-0.1, -0.05) is 12.2 Å². The number of nitrogens with one attached hydrogen (secondary N) is 1. The number of aromatic amines is 1. The molecule has 3 aliphatic rings. The lowest BCUT2D eigenvalue weighted by Crippen LogP contribution is -2.37. The van der Waals surface area contributed by atoms with Crippen molar-refractivity contribution in [3.8, 4) is 0 Å². The molecule has 10 atom stereocenters. The molecular weight excluding hydrogens is 660 g/mol. The predicted molar refractivity (Wildman–Crippen MR) is 161 cm³/mol. The summed E-state index contributed by atoms with van der Waals surface area (Å²) >= 11 is 9.74. The van der Waals surface area contributed by atoms with Crippen LogP contribution in [-0.2, 0) is 34.7 Å². The van der Waals surface area contributed by atoms with Gasteiger partial charge < -0.3 is 44.9 Å². The zero-order valence-corrected chi connectivity index (χ0v) is 25.9. The van der Waals surface area contributed by atoms with Gasteiger partial charge in [0.25, 0.3) is 5.56 Å². The van der Waals surface area contributed by atoms with Crippen LogP contribution in [0.1, 0.15) is 18.7 Å². The van der Waals surface area contributed by atoms with Crippen LogP contribution in [0.25, 0.3) is 22.2 Å². The van der Waals surface area contributed by atoms with Gasteiger partial charge in [0, 0.05) is 6.20 Å². The number of rotatable bonds is 2. The van der Waals surface area contributed by atoms with E-state index in [0.29, 0.717) is 11.0 Å². The molecule has 8 N–H and O–H groups in total. The number of aromatic nitrogens is 7. The first-order chi connectivity index (χ1) is 20.8. The van der Waals surface area contributed by atoms with Crippen molar-refractivity contribution in [3.63, 3.8) is 0 Å². The van der Waals surface area contributed by atoms with Gasteiger partial charge >= 0.3 is 6.80 Å². The number of hydrogen-bond acceptors (Lipinski definition) is 15. The summed E-state index contributed by atoms with van der Waals surface area (Å²) in [5, 5.41) is 23.4. The lowest BCUT2D eigenvalue weighted by molar-refractivity contribution is -0.0451. The van der Waals surface area contributed by atoms with Crippen molar-refractivity contribution in [1.29, 1.82) is 0 Å². The van der Waals surface area contributed by atoms with E-state index in [1.165, 1.54) is 17.2 Å². The zero-order chi connectivity index (χ0) is 31.1. The predicted octanol–water partition coefficient (Wildman–Crippen LogP) is 0.0494. The zero-order valence-electron chi connectivity index (χ0n) is 22.4. The monoisotopic (exact) mass is 687 g/mol. The largest absolute Gasteiger partial charge is 0.390 e. The third-order valence-electron chi connectivity index (χ3n) is 8.21. The van der Waals surface area contributed by atoms with Crippen molar-refractivity contribution in [2.75, 3.05) is 24.7 Å². The fourth-order valence-electron chi connectivity index (χ4n) is 6.22. The maximum atomic E-state index is 13.6. The number of hydrogen-bond donors (Lipinski definition) is 7. The first kappa shape index (κ1) is 30.2. The van der Waals surface area contributed by atoms with Crippen LogP contribution in [0.15, 0.2) is 29.7 Å². The van der Waals surface area contributed by atoms with Gasteiger partial charge in [-0.15, -0.1) is 0 Å². The van der Waals surface area contributed by atoms with Gasteiger partial charge in [0.15, 0.2) is 23.9 Å². The van der Waals surface area contributed by atoms with Gasteiger partial charge in [0.1, 0.15) is 36.1 Å². The van der Waals surface area contributed by atoms with Gasteiger partial charge in [0.2, 0.25) is 5.95 Å². The van der Waals surface area contributed by atoms with Crippen LogP contribution in [0.3, 0.4) is 0 Å². The molecule has 22 heteroatoms. The van der Waals surface area contributed by atoms with E-state index < -0.39 is 73.7 Å². The Morgan fingerprint density at radius 3 is 2.70 bits per heavy atom. The maximum absolute atomic E-state index is 13.6.